The van der Waals surface area contributed by atoms with Crippen LogP contribution in [0.3, 0.4) is 0 Å². The van der Waals surface area contributed by atoms with Crippen molar-refractivity contribution in [1.82, 2.24) is 9.78 Å². The smallest absolute Gasteiger partial charge is 0.340 e. The second-order valence-corrected chi connectivity index (χ2v) is 3.78. The molecule has 6 heteroatoms. The van der Waals surface area contributed by atoms with Crippen molar-refractivity contribution in [3.63, 3.8) is 0 Å². The quantitative estimate of drug-likeness (QED) is 0.899. The zero-order valence-corrected chi connectivity index (χ0v) is 9.40. The van der Waals surface area contributed by atoms with Gasteiger partial charge in [-0.25, -0.2) is 9.48 Å². The lowest BCUT2D eigenvalue weighted by Crippen LogP contribution is -1.99. The molecular formula is C10H6Cl2N2O2. The molecule has 0 atom stereocenters. The summed E-state index contributed by atoms with van der Waals surface area (Å²) >= 11 is 11.8. The Kier molecular flexibility index (Phi) is 2.85. The van der Waals surface area contributed by atoms with E-state index in [0.29, 0.717) is 10.7 Å². The van der Waals surface area contributed by atoms with Crippen LogP contribution in [0.2, 0.25) is 10.2 Å². The second kappa shape index (κ2) is 4.15. The summed E-state index contributed by atoms with van der Waals surface area (Å²) in [7, 11) is 0. The van der Waals surface area contributed by atoms with Gasteiger partial charge in [0.1, 0.15) is 10.7 Å². The van der Waals surface area contributed by atoms with E-state index in [1.807, 2.05) is 0 Å². The number of carboxylic acids is 1. The van der Waals surface area contributed by atoms with Crippen molar-refractivity contribution in [3.05, 3.63) is 46.2 Å². The largest absolute Gasteiger partial charge is 0.478 e. The van der Waals surface area contributed by atoms with E-state index >= 15 is 0 Å². The van der Waals surface area contributed by atoms with Crippen molar-refractivity contribution in [2.45, 2.75) is 0 Å². The van der Waals surface area contributed by atoms with E-state index in [0.717, 1.165) is 0 Å². The van der Waals surface area contributed by atoms with Gasteiger partial charge in [-0.1, -0.05) is 35.3 Å². The molecule has 0 amide bonds. The molecule has 0 saturated heterocycles. The molecule has 1 aromatic heterocycles. The summed E-state index contributed by atoms with van der Waals surface area (Å²) in [6.45, 7) is 0. The van der Waals surface area contributed by atoms with Crippen molar-refractivity contribution in [2.24, 2.45) is 0 Å². The summed E-state index contributed by atoms with van der Waals surface area (Å²) in [6.07, 6.45) is 1.19. The number of carboxylic acid groups (broad SMARTS) is 1. The summed E-state index contributed by atoms with van der Waals surface area (Å²) < 4.78 is 1.29. The molecule has 0 saturated carbocycles. The predicted molar refractivity (Wildman–Crippen MR) is 60.5 cm³/mol. The highest BCUT2D eigenvalue weighted by atomic mass is 35.5. The van der Waals surface area contributed by atoms with Crippen LogP contribution in [0.25, 0.3) is 5.69 Å². The molecule has 1 heterocycles. The minimum absolute atomic E-state index is 0.0283. The number of aromatic carboxylic acids is 1. The number of benzene rings is 1. The molecule has 0 fully saturated rings. The molecule has 2 rings (SSSR count). The Bertz CT molecular complexity index is 552. The molecule has 2 aromatic rings. The van der Waals surface area contributed by atoms with Crippen molar-refractivity contribution in [2.75, 3.05) is 0 Å². The van der Waals surface area contributed by atoms with Crippen LogP contribution in [0.15, 0.2) is 30.5 Å². The van der Waals surface area contributed by atoms with Gasteiger partial charge in [-0.2, -0.15) is 5.10 Å². The Hall–Kier alpha value is -1.52. The minimum atomic E-state index is -1.12. The Morgan fingerprint density at radius 1 is 1.31 bits per heavy atom. The molecule has 1 N–H and O–H groups in total. The van der Waals surface area contributed by atoms with Gasteiger partial charge in [-0.15, -0.1) is 0 Å². The SMILES string of the molecule is O=C(O)c1cnn(-c2ccccc2Cl)c1Cl. The maximum Gasteiger partial charge on any atom is 0.340 e. The summed E-state index contributed by atoms with van der Waals surface area (Å²) in [5.74, 6) is -1.12. The molecule has 0 radical (unpaired) electrons. The van der Waals surface area contributed by atoms with Gasteiger partial charge in [-0.3, -0.25) is 0 Å². The molecule has 0 aliphatic heterocycles. The monoisotopic (exact) mass is 256 g/mol. The topological polar surface area (TPSA) is 55.1 Å². The van der Waals surface area contributed by atoms with E-state index in [1.54, 1.807) is 24.3 Å². The Labute approximate surface area is 101 Å². The summed E-state index contributed by atoms with van der Waals surface area (Å²) in [5.41, 5.74) is 0.489. The van der Waals surface area contributed by atoms with Crippen LogP contribution in [-0.2, 0) is 0 Å². The first kappa shape index (κ1) is 11.0. The first-order valence-corrected chi connectivity index (χ1v) is 5.08. The van der Waals surface area contributed by atoms with Gasteiger partial charge in [-0.05, 0) is 12.1 Å². The van der Waals surface area contributed by atoms with Crippen LogP contribution in [0.4, 0.5) is 0 Å². The van der Waals surface area contributed by atoms with Gasteiger partial charge in [0.15, 0.2) is 0 Å². The Morgan fingerprint density at radius 3 is 2.56 bits per heavy atom. The fourth-order valence-electron chi connectivity index (χ4n) is 1.27. The summed E-state index contributed by atoms with van der Waals surface area (Å²) in [6, 6.07) is 6.91. The third-order valence-electron chi connectivity index (χ3n) is 2.02. The number of rotatable bonds is 2. The Morgan fingerprint density at radius 2 is 2.00 bits per heavy atom. The van der Waals surface area contributed by atoms with Crippen molar-refractivity contribution >= 4 is 29.2 Å². The van der Waals surface area contributed by atoms with Crippen LogP contribution in [-0.4, -0.2) is 20.9 Å². The normalized spacial score (nSPS) is 10.4. The van der Waals surface area contributed by atoms with Gasteiger partial charge < -0.3 is 5.11 Å². The van der Waals surface area contributed by atoms with Crippen molar-refractivity contribution in [3.8, 4) is 5.69 Å². The number of halogens is 2. The molecule has 0 aliphatic rings. The molecular weight excluding hydrogens is 251 g/mol. The van der Waals surface area contributed by atoms with Gasteiger partial charge in [0.05, 0.1) is 16.9 Å². The molecule has 16 heavy (non-hydrogen) atoms. The van der Waals surface area contributed by atoms with Crippen molar-refractivity contribution < 1.29 is 9.90 Å². The van der Waals surface area contributed by atoms with Gasteiger partial charge in [0.25, 0.3) is 0 Å². The third kappa shape index (κ3) is 1.77. The maximum absolute atomic E-state index is 10.8. The molecule has 1 aromatic carbocycles. The fraction of sp³-hybridized carbons (Fsp3) is 0. The van der Waals surface area contributed by atoms with E-state index in [1.165, 1.54) is 10.9 Å². The van der Waals surface area contributed by atoms with E-state index in [2.05, 4.69) is 5.10 Å². The van der Waals surface area contributed by atoms with Gasteiger partial charge >= 0.3 is 5.97 Å². The maximum atomic E-state index is 10.8. The van der Waals surface area contributed by atoms with Crippen LogP contribution in [0.1, 0.15) is 10.4 Å². The Balaban J connectivity index is 2.58. The number of hydrogen-bond donors (Lipinski definition) is 1. The summed E-state index contributed by atoms with van der Waals surface area (Å²) in [4.78, 5) is 10.8. The van der Waals surface area contributed by atoms with E-state index < -0.39 is 5.97 Å². The average Bonchev–Trinajstić information content (AvgIpc) is 2.61. The first-order chi connectivity index (χ1) is 7.61. The van der Waals surface area contributed by atoms with Crippen LogP contribution in [0.5, 0.6) is 0 Å². The zero-order chi connectivity index (χ0) is 11.7. The standard InChI is InChI=1S/C10H6Cl2N2O2/c11-7-3-1-2-4-8(7)14-9(12)6(5-13-14)10(15)16/h1-5H,(H,15,16). The van der Waals surface area contributed by atoms with E-state index in [9.17, 15) is 4.79 Å². The lowest BCUT2D eigenvalue weighted by molar-refractivity contribution is 0.0697. The van der Waals surface area contributed by atoms with Crippen LogP contribution >= 0.6 is 23.2 Å². The second-order valence-electron chi connectivity index (χ2n) is 3.02. The highest BCUT2D eigenvalue weighted by Gasteiger charge is 2.16. The van der Waals surface area contributed by atoms with Gasteiger partial charge in [0.2, 0.25) is 0 Å². The molecule has 0 spiro atoms. The molecule has 0 unspecified atom stereocenters. The number of hydrogen-bond acceptors (Lipinski definition) is 2. The number of carbonyl (C=O) groups is 1. The van der Waals surface area contributed by atoms with E-state index in [-0.39, 0.29) is 10.7 Å². The first-order valence-electron chi connectivity index (χ1n) is 4.33. The molecule has 82 valence electrons. The van der Waals surface area contributed by atoms with Gasteiger partial charge in [0, 0.05) is 0 Å². The molecule has 4 nitrogen and oxygen atoms in total. The average molecular weight is 257 g/mol. The van der Waals surface area contributed by atoms with E-state index in [4.69, 9.17) is 28.3 Å². The predicted octanol–water partition coefficient (Wildman–Crippen LogP) is 2.88. The number of aromatic nitrogens is 2. The fourth-order valence-corrected chi connectivity index (χ4v) is 1.75. The molecule has 0 bridgehead atoms. The number of nitrogens with zero attached hydrogens (tertiary/aromatic N) is 2. The van der Waals surface area contributed by atoms with Crippen LogP contribution < -0.4 is 0 Å². The highest BCUT2D eigenvalue weighted by Crippen LogP contribution is 2.25. The highest BCUT2D eigenvalue weighted by molar-refractivity contribution is 6.34. The molecule has 0 aliphatic carbocycles. The lowest BCUT2D eigenvalue weighted by atomic mass is 10.3. The zero-order valence-electron chi connectivity index (χ0n) is 7.89. The number of para-hydroxylation sites is 1. The van der Waals surface area contributed by atoms with Crippen LogP contribution in [0, 0.1) is 0 Å². The van der Waals surface area contributed by atoms with Crippen molar-refractivity contribution in [1.29, 1.82) is 0 Å². The lowest BCUT2D eigenvalue weighted by Gasteiger charge is -2.04. The third-order valence-corrected chi connectivity index (χ3v) is 2.70. The minimum Gasteiger partial charge on any atom is -0.478 e. The summed E-state index contributed by atoms with van der Waals surface area (Å²) in [5, 5.41) is 13.2.